The molecule has 1 aromatic heterocycles. The number of methoxy groups -OCH3 is 1. The molecule has 0 aliphatic heterocycles. The number of fused-ring (bicyclic) bond motifs is 1. The van der Waals surface area contributed by atoms with Crippen molar-refractivity contribution in [2.45, 2.75) is 33.1 Å². The number of aromatic nitrogens is 1. The average Bonchev–Trinajstić information content (AvgIpc) is 3.19. The van der Waals surface area contributed by atoms with E-state index < -0.39 is 5.97 Å². The van der Waals surface area contributed by atoms with E-state index in [2.05, 4.69) is 23.3 Å². The number of aromatic carboxylic acids is 1. The normalized spacial score (nSPS) is 12.6. The molecule has 6 heteroatoms. The molecule has 3 N–H and O–H groups in total. The molecule has 0 spiro atoms. The van der Waals surface area contributed by atoms with Crippen molar-refractivity contribution in [3.8, 4) is 5.75 Å². The third kappa shape index (κ3) is 4.79. The Kier molecular flexibility index (Phi) is 6.80. The van der Waals surface area contributed by atoms with E-state index in [-0.39, 0.29) is 17.4 Å². The van der Waals surface area contributed by atoms with E-state index in [9.17, 15) is 14.7 Å². The van der Waals surface area contributed by atoms with Crippen LogP contribution in [-0.4, -0.2) is 35.6 Å². The molecule has 31 heavy (non-hydrogen) atoms. The van der Waals surface area contributed by atoms with Gasteiger partial charge in [0, 0.05) is 40.7 Å². The quantitative estimate of drug-likeness (QED) is 0.449. The molecule has 1 amide bonds. The van der Waals surface area contributed by atoms with Crippen LogP contribution in [0.15, 0.2) is 48.2 Å². The van der Waals surface area contributed by atoms with Crippen LogP contribution in [-0.2, 0) is 4.79 Å². The number of H-pyrrole nitrogens is 1. The van der Waals surface area contributed by atoms with E-state index in [1.807, 2.05) is 38.3 Å². The van der Waals surface area contributed by atoms with Crippen molar-refractivity contribution in [1.29, 1.82) is 0 Å². The number of carboxylic acids is 1. The summed E-state index contributed by atoms with van der Waals surface area (Å²) in [6, 6.07) is 11.0. The number of nitrogens with one attached hydrogen (secondary N) is 2. The van der Waals surface area contributed by atoms with E-state index in [4.69, 9.17) is 4.74 Å². The van der Waals surface area contributed by atoms with Gasteiger partial charge < -0.3 is 20.1 Å². The molecule has 0 aliphatic rings. The fraction of sp³-hybridized carbons (Fsp3) is 0.280. The summed E-state index contributed by atoms with van der Waals surface area (Å²) in [7, 11) is 1.54. The zero-order valence-corrected chi connectivity index (χ0v) is 18.3. The fourth-order valence-electron chi connectivity index (χ4n) is 3.67. The Labute approximate surface area is 181 Å². The van der Waals surface area contributed by atoms with Gasteiger partial charge in [0.05, 0.1) is 12.7 Å². The van der Waals surface area contributed by atoms with Crippen molar-refractivity contribution in [3.05, 3.63) is 70.4 Å². The van der Waals surface area contributed by atoms with E-state index in [1.54, 1.807) is 25.3 Å². The zero-order chi connectivity index (χ0) is 22.5. The van der Waals surface area contributed by atoms with Crippen LogP contribution < -0.4 is 10.1 Å². The second-order valence-corrected chi connectivity index (χ2v) is 7.62. The summed E-state index contributed by atoms with van der Waals surface area (Å²) < 4.78 is 5.47. The van der Waals surface area contributed by atoms with Gasteiger partial charge in [0.25, 0.3) is 0 Å². The van der Waals surface area contributed by atoms with Crippen molar-refractivity contribution in [3.63, 3.8) is 0 Å². The summed E-state index contributed by atoms with van der Waals surface area (Å²) >= 11 is 0. The molecule has 0 radical (unpaired) electrons. The maximum Gasteiger partial charge on any atom is 0.335 e. The van der Waals surface area contributed by atoms with Gasteiger partial charge in [-0.1, -0.05) is 26.0 Å². The summed E-state index contributed by atoms with van der Waals surface area (Å²) in [6.45, 7) is 6.55. The Bertz CT molecular complexity index is 1140. The number of rotatable bonds is 8. The maximum atomic E-state index is 12.2. The predicted octanol–water partition coefficient (Wildman–Crippen LogP) is 4.96. The number of hydrogen-bond donors (Lipinski definition) is 3. The standard InChI is InChI=1S/C25H28N2O4/c1-5-10-26-24(28)15(2)11-17-6-9-22-20(12-17)21(14-27-22)16(3)19-8-7-18(25(29)30)13-23(19)31-4/h6-9,11-14,16,27H,5,10H2,1-4H3,(H,26,28)(H,29,30)/b15-11+. The van der Waals surface area contributed by atoms with E-state index in [0.29, 0.717) is 17.9 Å². The summed E-state index contributed by atoms with van der Waals surface area (Å²) in [6.07, 6.45) is 4.74. The molecule has 162 valence electrons. The molecule has 0 saturated carbocycles. The number of hydrogen-bond acceptors (Lipinski definition) is 3. The summed E-state index contributed by atoms with van der Waals surface area (Å²) in [5.74, 6) is -0.534. The highest BCUT2D eigenvalue weighted by atomic mass is 16.5. The molecule has 3 rings (SSSR count). The van der Waals surface area contributed by atoms with Crippen LogP contribution in [0.25, 0.3) is 17.0 Å². The number of carbonyl (C=O) groups excluding carboxylic acids is 1. The van der Waals surface area contributed by atoms with Crippen molar-refractivity contribution in [2.75, 3.05) is 13.7 Å². The molecule has 3 aromatic rings. The fourth-order valence-corrected chi connectivity index (χ4v) is 3.67. The molecular formula is C25H28N2O4. The molecule has 1 heterocycles. The molecule has 6 nitrogen and oxygen atoms in total. The largest absolute Gasteiger partial charge is 0.496 e. The summed E-state index contributed by atoms with van der Waals surface area (Å²) in [4.78, 5) is 26.8. The second kappa shape index (κ2) is 9.51. The lowest BCUT2D eigenvalue weighted by molar-refractivity contribution is -0.117. The van der Waals surface area contributed by atoms with Gasteiger partial charge in [0.1, 0.15) is 5.75 Å². The van der Waals surface area contributed by atoms with Gasteiger partial charge in [0.15, 0.2) is 0 Å². The van der Waals surface area contributed by atoms with Crippen molar-refractivity contribution in [1.82, 2.24) is 10.3 Å². The lowest BCUT2D eigenvalue weighted by Gasteiger charge is -2.16. The van der Waals surface area contributed by atoms with E-state index in [0.717, 1.165) is 34.0 Å². The molecule has 0 fully saturated rings. The van der Waals surface area contributed by atoms with Crippen LogP contribution in [0.3, 0.4) is 0 Å². The first kappa shape index (κ1) is 22.2. The SMILES string of the molecule is CCCNC(=O)/C(C)=C/c1ccc2[nH]cc(C(C)c3ccc(C(=O)O)cc3OC)c2c1. The Hall–Kier alpha value is -3.54. The smallest absolute Gasteiger partial charge is 0.335 e. The molecule has 0 aliphatic carbocycles. The Morgan fingerprint density at radius 1 is 1.19 bits per heavy atom. The molecular weight excluding hydrogens is 392 g/mol. The summed E-state index contributed by atoms with van der Waals surface area (Å²) in [5, 5.41) is 13.2. The first-order valence-corrected chi connectivity index (χ1v) is 10.3. The van der Waals surface area contributed by atoms with Gasteiger partial charge in [-0.3, -0.25) is 4.79 Å². The van der Waals surface area contributed by atoms with Crippen LogP contribution >= 0.6 is 0 Å². The van der Waals surface area contributed by atoms with E-state index >= 15 is 0 Å². The molecule has 1 atom stereocenters. The van der Waals surface area contributed by atoms with Gasteiger partial charge in [-0.2, -0.15) is 0 Å². The van der Waals surface area contributed by atoms with Gasteiger partial charge in [0.2, 0.25) is 5.91 Å². The number of carbonyl (C=O) groups is 2. The Morgan fingerprint density at radius 2 is 1.97 bits per heavy atom. The van der Waals surface area contributed by atoms with Crippen molar-refractivity contribution in [2.24, 2.45) is 0 Å². The Morgan fingerprint density at radius 3 is 2.65 bits per heavy atom. The number of carboxylic acid groups (broad SMARTS) is 1. The molecule has 1 unspecified atom stereocenters. The minimum absolute atomic E-state index is 0.0280. The lowest BCUT2D eigenvalue weighted by Crippen LogP contribution is -2.24. The predicted molar refractivity (Wildman–Crippen MR) is 123 cm³/mol. The third-order valence-corrected chi connectivity index (χ3v) is 5.43. The average molecular weight is 421 g/mol. The maximum absolute atomic E-state index is 12.2. The van der Waals surface area contributed by atoms with Crippen LogP contribution in [0.1, 0.15) is 60.2 Å². The first-order chi connectivity index (χ1) is 14.8. The Balaban J connectivity index is 1.97. The molecule has 2 aromatic carbocycles. The first-order valence-electron chi connectivity index (χ1n) is 10.3. The highest BCUT2D eigenvalue weighted by molar-refractivity contribution is 5.98. The molecule has 0 bridgehead atoms. The van der Waals surface area contributed by atoms with Crippen LogP contribution in [0.5, 0.6) is 5.75 Å². The minimum Gasteiger partial charge on any atom is -0.496 e. The van der Waals surface area contributed by atoms with E-state index in [1.165, 1.54) is 0 Å². The monoisotopic (exact) mass is 420 g/mol. The minimum atomic E-state index is -0.987. The highest BCUT2D eigenvalue weighted by Crippen LogP contribution is 2.36. The number of benzene rings is 2. The third-order valence-electron chi connectivity index (χ3n) is 5.43. The second-order valence-electron chi connectivity index (χ2n) is 7.62. The van der Waals surface area contributed by atoms with Crippen LogP contribution in [0.2, 0.25) is 0 Å². The van der Waals surface area contributed by atoms with Crippen LogP contribution in [0, 0.1) is 0 Å². The van der Waals surface area contributed by atoms with Gasteiger partial charge in [-0.25, -0.2) is 4.79 Å². The van der Waals surface area contributed by atoms with Gasteiger partial charge in [-0.05, 0) is 54.8 Å². The van der Waals surface area contributed by atoms with Crippen molar-refractivity contribution < 1.29 is 19.4 Å². The molecule has 0 saturated heterocycles. The highest BCUT2D eigenvalue weighted by Gasteiger charge is 2.19. The summed E-state index contributed by atoms with van der Waals surface area (Å²) in [5.41, 5.74) is 4.76. The zero-order valence-electron chi connectivity index (χ0n) is 18.3. The number of amides is 1. The van der Waals surface area contributed by atoms with Crippen molar-refractivity contribution >= 4 is 28.9 Å². The van der Waals surface area contributed by atoms with Gasteiger partial charge in [-0.15, -0.1) is 0 Å². The number of ether oxygens (including phenoxy) is 1. The van der Waals surface area contributed by atoms with Crippen LogP contribution in [0.4, 0.5) is 0 Å². The van der Waals surface area contributed by atoms with Gasteiger partial charge >= 0.3 is 5.97 Å². The lowest BCUT2D eigenvalue weighted by atomic mass is 9.91. The number of aromatic amines is 1. The topological polar surface area (TPSA) is 91.4 Å².